The van der Waals surface area contributed by atoms with Gasteiger partial charge in [-0.2, -0.15) is 15.0 Å². The third kappa shape index (κ3) is 4.48. The Bertz CT molecular complexity index is 1120. The summed E-state index contributed by atoms with van der Waals surface area (Å²) < 4.78 is 28.0. The molecule has 1 aromatic heterocycles. The predicted molar refractivity (Wildman–Crippen MR) is 116 cm³/mol. The van der Waals surface area contributed by atoms with Crippen molar-refractivity contribution in [1.29, 1.82) is 0 Å². The molecule has 4 rings (SSSR count). The first-order valence-electron chi connectivity index (χ1n) is 10.1. The van der Waals surface area contributed by atoms with E-state index in [1.807, 2.05) is 0 Å². The lowest BCUT2D eigenvalue weighted by atomic mass is 9.76. The Balaban J connectivity index is 1.71. The van der Waals surface area contributed by atoms with Crippen molar-refractivity contribution in [2.45, 2.75) is 43.5 Å². The zero-order valence-electron chi connectivity index (χ0n) is 16.8. The van der Waals surface area contributed by atoms with Gasteiger partial charge in [-0.3, -0.25) is 4.79 Å². The van der Waals surface area contributed by atoms with Gasteiger partial charge >= 0.3 is 0 Å². The molecule has 0 radical (unpaired) electrons. The molecule has 0 spiro atoms. The fraction of sp³-hybridized carbons (Fsp3) is 0.318. The maximum absolute atomic E-state index is 14.2. The minimum Gasteiger partial charge on any atom is -0.387 e. The summed E-state index contributed by atoms with van der Waals surface area (Å²) in [6, 6.07) is 7.76. The Morgan fingerprint density at radius 1 is 1.19 bits per heavy atom. The lowest BCUT2D eigenvalue weighted by molar-refractivity contribution is -0.0445. The fourth-order valence-corrected chi connectivity index (χ4v) is 4.42. The number of hydrogen-bond donors (Lipinski definition) is 2. The van der Waals surface area contributed by atoms with E-state index in [-0.39, 0.29) is 46.9 Å². The average Bonchev–Trinajstić information content (AvgIpc) is 3.31. The Labute approximate surface area is 193 Å². The summed E-state index contributed by atoms with van der Waals surface area (Å²) in [4.78, 5) is 14.6. The van der Waals surface area contributed by atoms with Gasteiger partial charge in [-0.1, -0.05) is 35.3 Å². The molecule has 1 atom stereocenters. The van der Waals surface area contributed by atoms with Crippen LogP contribution in [-0.4, -0.2) is 37.8 Å². The predicted octanol–water partition coefficient (Wildman–Crippen LogP) is 4.83. The number of carbonyl (C=O) groups is 1. The van der Waals surface area contributed by atoms with Crippen LogP contribution in [0.2, 0.25) is 10.0 Å². The van der Waals surface area contributed by atoms with Crippen LogP contribution in [0.5, 0.6) is 0 Å². The van der Waals surface area contributed by atoms with E-state index < -0.39 is 29.5 Å². The number of nitrogens with one attached hydrogen (secondary N) is 1. The van der Waals surface area contributed by atoms with E-state index >= 15 is 0 Å². The second kappa shape index (κ2) is 9.13. The van der Waals surface area contributed by atoms with Crippen LogP contribution < -0.4 is 5.32 Å². The number of aliphatic hydroxyl groups is 1. The van der Waals surface area contributed by atoms with Crippen LogP contribution in [0.25, 0.3) is 5.69 Å². The highest BCUT2D eigenvalue weighted by Crippen LogP contribution is 2.42. The number of carbonyl (C=O) groups excluding carboxylic acids is 1. The minimum atomic E-state index is -1.51. The SMILES string of the molecule is O=C(NC(c1cccc(F)c1Cl)[C@]1(O)CC[C@@H](F)CC1)c1cc(-n2nccn2)ccc1Cl. The molecule has 1 fully saturated rings. The molecule has 2 aromatic carbocycles. The van der Waals surface area contributed by atoms with Gasteiger partial charge in [0, 0.05) is 0 Å². The number of halogens is 4. The highest BCUT2D eigenvalue weighted by atomic mass is 35.5. The molecule has 1 aliphatic rings. The third-order valence-corrected chi connectivity index (χ3v) is 6.46. The number of aromatic nitrogens is 3. The van der Waals surface area contributed by atoms with Gasteiger partial charge in [0.1, 0.15) is 12.0 Å². The van der Waals surface area contributed by atoms with Gasteiger partial charge in [-0.25, -0.2) is 8.78 Å². The van der Waals surface area contributed by atoms with Gasteiger partial charge in [0.2, 0.25) is 0 Å². The maximum Gasteiger partial charge on any atom is 0.253 e. The first kappa shape index (κ1) is 22.6. The number of amides is 1. The van der Waals surface area contributed by atoms with Crippen molar-refractivity contribution in [2.24, 2.45) is 0 Å². The van der Waals surface area contributed by atoms with E-state index in [4.69, 9.17) is 23.2 Å². The minimum absolute atomic E-state index is 0.0803. The zero-order valence-corrected chi connectivity index (χ0v) is 18.3. The number of nitrogens with zero attached hydrogens (tertiary/aromatic N) is 3. The zero-order chi connectivity index (χ0) is 22.9. The molecular formula is C22H20Cl2F2N4O2. The molecule has 1 heterocycles. The first-order chi connectivity index (χ1) is 15.3. The molecule has 1 aliphatic carbocycles. The van der Waals surface area contributed by atoms with Crippen LogP contribution in [-0.2, 0) is 0 Å². The molecule has 168 valence electrons. The summed E-state index contributed by atoms with van der Waals surface area (Å²) in [6.45, 7) is 0. The Morgan fingerprint density at radius 3 is 2.56 bits per heavy atom. The lowest BCUT2D eigenvalue weighted by Crippen LogP contribution is -2.48. The first-order valence-corrected chi connectivity index (χ1v) is 10.8. The Morgan fingerprint density at radius 2 is 1.88 bits per heavy atom. The molecule has 2 N–H and O–H groups in total. The number of hydrogen-bond acceptors (Lipinski definition) is 4. The van der Waals surface area contributed by atoms with Crippen molar-refractivity contribution in [3.05, 3.63) is 75.8 Å². The second-order valence-corrected chi connectivity index (χ2v) is 8.60. The van der Waals surface area contributed by atoms with Gasteiger partial charge in [0.25, 0.3) is 5.91 Å². The maximum atomic E-state index is 14.2. The molecule has 1 unspecified atom stereocenters. The molecule has 10 heteroatoms. The summed E-state index contributed by atoms with van der Waals surface area (Å²) in [6.07, 6.45) is 2.35. The van der Waals surface area contributed by atoms with Gasteiger partial charge in [0.05, 0.1) is 45.3 Å². The van der Waals surface area contributed by atoms with E-state index in [2.05, 4.69) is 15.5 Å². The van der Waals surface area contributed by atoms with Gasteiger partial charge in [-0.05, 0) is 55.5 Å². The quantitative estimate of drug-likeness (QED) is 0.548. The average molecular weight is 481 g/mol. The third-order valence-electron chi connectivity index (χ3n) is 5.73. The fourth-order valence-electron chi connectivity index (χ4n) is 3.99. The smallest absolute Gasteiger partial charge is 0.253 e. The van der Waals surface area contributed by atoms with E-state index in [0.717, 1.165) is 0 Å². The Hall–Kier alpha value is -2.55. The van der Waals surface area contributed by atoms with Crippen LogP contribution >= 0.6 is 23.2 Å². The topological polar surface area (TPSA) is 80.0 Å². The van der Waals surface area contributed by atoms with Crippen LogP contribution in [0.1, 0.15) is 47.6 Å². The summed E-state index contributed by atoms with van der Waals surface area (Å²) >= 11 is 12.5. The summed E-state index contributed by atoms with van der Waals surface area (Å²) in [5.74, 6) is -1.29. The number of rotatable bonds is 5. The summed E-state index contributed by atoms with van der Waals surface area (Å²) in [5, 5.41) is 22.1. The molecule has 0 aliphatic heterocycles. The van der Waals surface area contributed by atoms with Crippen molar-refractivity contribution >= 4 is 29.1 Å². The second-order valence-electron chi connectivity index (χ2n) is 7.81. The summed E-state index contributed by atoms with van der Waals surface area (Å²) in [5.41, 5.74) is -0.687. The lowest BCUT2D eigenvalue weighted by Gasteiger charge is -2.41. The highest BCUT2D eigenvalue weighted by molar-refractivity contribution is 6.34. The van der Waals surface area contributed by atoms with E-state index in [9.17, 15) is 18.7 Å². The van der Waals surface area contributed by atoms with Crippen molar-refractivity contribution in [2.75, 3.05) is 0 Å². The summed E-state index contributed by atoms with van der Waals surface area (Å²) in [7, 11) is 0. The van der Waals surface area contributed by atoms with E-state index in [1.54, 1.807) is 6.07 Å². The van der Waals surface area contributed by atoms with Crippen molar-refractivity contribution < 1.29 is 18.7 Å². The van der Waals surface area contributed by atoms with Gasteiger partial charge < -0.3 is 10.4 Å². The van der Waals surface area contributed by atoms with E-state index in [1.165, 1.54) is 47.5 Å². The van der Waals surface area contributed by atoms with E-state index in [0.29, 0.717) is 5.69 Å². The molecule has 0 bridgehead atoms. The standard InChI is InChI=1S/C22H20Cl2F2N4O2/c23-17-5-4-14(30-27-10-11-28-30)12-16(17)21(31)29-20(15-2-1-3-18(26)19(15)24)22(32)8-6-13(25)7-9-22/h1-5,10-13,20,32H,6-9H2,(H,29,31)/t13-,20?,22+. The van der Waals surface area contributed by atoms with Crippen LogP contribution in [0.3, 0.4) is 0 Å². The molecular weight excluding hydrogens is 461 g/mol. The van der Waals surface area contributed by atoms with Crippen LogP contribution in [0, 0.1) is 5.82 Å². The Kier molecular flexibility index (Phi) is 6.46. The normalized spacial score (nSPS) is 21.8. The highest BCUT2D eigenvalue weighted by Gasteiger charge is 2.43. The van der Waals surface area contributed by atoms with Gasteiger partial charge in [0.15, 0.2) is 0 Å². The van der Waals surface area contributed by atoms with Crippen LogP contribution in [0.15, 0.2) is 48.8 Å². The molecule has 0 saturated heterocycles. The monoisotopic (exact) mass is 480 g/mol. The molecule has 6 nitrogen and oxygen atoms in total. The van der Waals surface area contributed by atoms with Crippen molar-refractivity contribution in [1.82, 2.24) is 20.3 Å². The number of benzene rings is 2. The molecule has 1 amide bonds. The van der Waals surface area contributed by atoms with Crippen molar-refractivity contribution in [3.8, 4) is 5.69 Å². The van der Waals surface area contributed by atoms with Crippen molar-refractivity contribution in [3.63, 3.8) is 0 Å². The largest absolute Gasteiger partial charge is 0.387 e. The number of alkyl halides is 1. The molecule has 3 aromatic rings. The van der Waals surface area contributed by atoms with Gasteiger partial charge in [-0.15, -0.1) is 0 Å². The molecule has 32 heavy (non-hydrogen) atoms. The van der Waals surface area contributed by atoms with Crippen LogP contribution in [0.4, 0.5) is 8.78 Å². The molecule has 1 saturated carbocycles.